The first kappa shape index (κ1) is 19.7. The second kappa shape index (κ2) is 8.41. The van der Waals surface area contributed by atoms with E-state index in [1.54, 1.807) is 6.07 Å². The molecule has 3 aromatic carbocycles. The third kappa shape index (κ3) is 4.22. The maximum absolute atomic E-state index is 12.6. The Labute approximate surface area is 181 Å². The Balaban J connectivity index is 1.70. The second-order valence-electron chi connectivity index (χ2n) is 6.27. The molecule has 0 atom stereocenters. The molecule has 146 valence electrons. The molecule has 4 nitrogen and oxygen atoms in total. The zero-order chi connectivity index (χ0) is 20.4. The van der Waals surface area contributed by atoms with Gasteiger partial charge in [-0.1, -0.05) is 77.4 Å². The number of benzene rings is 3. The first-order valence-electron chi connectivity index (χ1n) is 8.70. The van der Waals surface area contributed by atoms with Gasteiger partial charge in [0.05, 0.1) is 20.8 Å². The van der Waals surface area contributed by atoms with Crippen molar-refractivity contribution >= 4 is 45.9 Å². The number of para-hydroxylation sites is 1. The lowest BCUT2D eigenvalue weighted by atomic mass is 10.2. The van der Waals surface area contributed by atoms with Crippen molar-refractivity contribution in [1.29, 1.82) is 0 Å². The average molecular weight is 444 g/mol. The van der Waals surface area contributed by atoms with Gasteiger partial charge in [-0.05, 0) is 29.8 Å². The van der Waals surface area contributed by atoms with E-state index in [9.17, 15) is 9.90 Å². The summed E-state index contributed by atoms with van der Waals surface area (Å²) in [5.74, 6) is 0.427. The van der Waals surface area contributed by atoms with Crippen LogP contribution in [0.2, 0.25) is 10.0 Å². The Morgan fingerprint density at radius 1 is 1.00 bits per heavy atom. The van der Waals surface area contributed by atoms with Gasteiger partial charge in [-0.3, -0.25) is 4.79 Å². The number of halogens is 2. The Hall–Kier alpha value is -2.60. The summed E-state index contributed by atoms with van der Waals surface area (Å²) in [4.78, 5) is 16.2. The van der Waals surface area contributed by atoms with E-state index in [2.05, 4.69) is 4.98 Å². The van der Waals surface area contributed by atoms with Crippen LogP contribution >= 0.6 is 35.0 Å². The molecule has 0 saturated heterocycles. The molecule has 0 bridgehead atoms. The van der Waals surface area contributed by atoms with Crippen LogP contribution in [-0.4, -0.2) is 10.1 Å². The van der Waals surface area contributed by atoms with Crippen LogP contribution in [0.1, 0.15) is 5.56 Å². The fourth-order valence-corrected chi connectivity index (χ4v) is 4.43. The largest absolute Gasteiger partial charge is 0.506 e. The van der Waals surface area contributed by atoms with Crippen LogP contribution in [0.15, 0.2) is 81.3 Å². The van der Waals surface area contributed by atoms with Gasteiger partial charge in [-0.2, -0.15) is 0 Å². The molecule has 0 fully saturated rings. The van der Waals surface area contributed by atoms with Gasteiger partial charge in [0.2, 0.25) is 0 Å². The number of nitrogens with one attached hydrogen (secondary N) is 1. The van der Waals surface area contributed by atoms with E-state index >= 15 is 0 Å². The molecule has 0 saturated carbocycles. The molecule has 0 amide bonds. The number of hydrogen-bond donors (Lipinski definition) is 2. The predicted molar refractivity (Wildman–Crippen MR) is 118 cm³/mol. The SMILES string of the molecule is O=c1[nH]c2cc(Cl)cc(Cl)c2c(O)c1Sc1ccccc1OCc1ccccc1. The van der Waals surface area contributed by atoms with Gasteiger partial charge < -0.3 is 14.8 Å². The van der Waals surface area contributed by atoms with E-state index in [4.69, 9.17) is 27.9 Å². The fraction of sp³-hybridized carbons (Fsp3) is 0.0455. The van der Waals surface area contributed by atoms with E-state index in [1.807, 2.05) is 54.6 Å². The van der Waals surface area contributed by atoms with Crippen molar-refractivity contribution in [2.24, 2.45) is 0 Å². The standard InChI is InChI=1S/C22H15Cl2NO3S/c23-14-10-15(24)19-16(11-14)25-22(27)21(20(19)26)29-18-9-5-4-8-17(18)28-12-13-6-2-1-3-7-13/h1-11H,12H2,(H2,25,26,27). The van der Waals surface area contributed by atoms with E-state index < -0.39 is 5.56 Å². The molecular formula is C22H15Cl2NO3S. The smallest absolute Gasteiger partial charge is 0.266 e. The molecule has 0 aliphatic heterocycles. The fourth-order valence-electron chi connectivity index (χ4n) is 2.91. The van der Waals surface area contributed by atoms with Crippen LogP contribution in [0.4, 0.5) is 0 Å². The second-order valence-corrected chi connectivity index (χ2v) is 8.16. The van der Waals surface area contributed by atoms with E-state index in [0.29, 0.717) is 33.2 Å². The van der Waals surface area contributed by atoms with Crippen molar-refractivity contribution in [3.05, 3.63) is 92.7 Å². The minimum atomic E-state index is -0.434. The van der Waals surface area contributed by atoms with Crippen molar-refractivity contribution in [3.63, 3.8) is 0 Å². The molecule has 7 heteroatoms. The van der Waals surface area contributed by atoms with E-state index in [-0.39, 0.29) is 15.7 Å². The lowest BCUT2D eigenvalue weighted by molar-refractivity contribution is 0.299. The van der Waals surface area contributed by atoms with Crippen molar-refractivity contribution in [3.8, 4) is 11.5 Å². The molecule has 0 unspecified atom stereocenters. The topological polar surface area (TPSA) is 62.3 Å². The number of aromatic hydroxyl groups is 1. The number of hydrogen-bond acceptors (Lipinski definition) is 4. The normalized spacial score (nSPS) is 11.0. The number of aromatic nitrogens is 1. The molecule has 1 heterocycles. The quantitative estimate of drug-likeness (QED) is 0.381. The van der Waals surface area contributed by atoms with Gasteiger partial charge in [0.25, 0.3) is 5.56 Å². The van der Waals surface area contributed by atoms with Gasteiger partial charge in [0.15, 0.2) is 0 Å². The van der Waals surface area contributed by atoms with Gasteiger partial charge >= 0.3 is 0 Å². The van der Waals surface area contributed by atoms with Crippen LogP contribution in [0, 0.1) is 0 Å². The molecule has 29 heavy (non-hydrogen) atoms. The summed E-state index contributed by atoms with van der Waals surface area (Å²) in [7, 11) is 0. The number of aromatic amines is 1. The lowest BCUT2D eigenvalue weighted by Crippen LogP contribution is -2.09. The van der Waals surface area contributed by atoms with Crippen LogP contribution in [0.3, 0.4) is 0 Å². The molecule has 4 rings (SSSR count). The summed E-state index contributed by atoms with van der Waals surface area (Å²) >= 11 is 13.4. The van der Waals surface area contributed by atoms with Crippen molar-refractivity contribution in [1.82, 2.24) is 4.98 Å². The van der Waals surface area contributed by atoms with Crippen LogP contribution in [0.5, 0.6) is 11.5 Å². The lowest BCUT2D eigenvalue weighted by Gasteiger charge is -2.13. The first-order valence-corrected chi connectivity index (χ1v) is 10.3. The highest BCUT2D eigenvalue weighted by molar-refractivity contribution is 7.99. The van der Waals surface area contributed by atoms with Crippen LogP contribution < -0.4 is 10.3 Å². The molecule has 0 radical (unpaired) electrons. The third-order valence-corrected chi connectivity index (χ3v) is 5.92. The van der Waals surface area contributed by atoms with E-state index in [0.717, 1.165) is 17.3 Å². The first-order chi connectivity index (χ1) is 14.0. The minimum Gasteiger partial charge on any atom is -0.506 e. The van der Waals surface area contributed by atoms with Crippen molar-refractivity contribution < 1.29 is 9.84 Å². The molecule has 0 aliphatic rings. The number of H-pyrrole nitrogens is 1. The highest BCUT2D eigenvalue weighted by atomic mass is 35.5. The van der Waals surface area contributed by atoms with Gasteiger partial charge in [-0.15, -0.1) is 0 Å². The summed E-state index contributed by atoms with van der Waals surface area (Å²) in [6.45, 7) is 0.392. The zero-order valence-electron chi connectivity index (χ0n) is 15.0. The molecule has 0 spiro atoms. The molecule has 4 aromatic rings. The highest BCUT2D eigenvalue weighted by Crippen LogP contribution is 2.42. The predicted octanol–water partition coefficient (Wildman–Crippen LogP) is 6.27. The molecule has 0 aliphatic carbocycles. The Kier molecular flexibility index (Phi) is 5.72. The number of pyridine rings is 1. The van der Waals surface area contributed by atoms with Crippen molar-refractivity contribution in [2.45, 2.75) is 16.4 Å². The third-order valence-electron chi connectivity index (χ3n) is 4.26. The number of rotatable bonds is 5. The summed E-state index contributed by atoms with van der Waals surface area (Å²) in [6, 6.07) is 20.2. The average Bonchev–Trinajstić information content (AvgIpc) is 2.70. The maximum atomic E-state index is 12.6. The van der Waals surface area contributed by atoms with Gasteiger partial charge in [0.1, 0.15) is 23.0 Å². The molecule has 2 N–H and O–H groups in total. The molecule has 1 aromatic heterocycles. The zero-order valence-corrected chi connectivity index (χ0v) is 17.3. The van der Waals surface area contributed by atoms with Crippen LogP contribution in [0.25, 0.3) is 10.9 Å². The number of fused-ring (bicyclic) bond motifs is 1. The van der Waals surface area contributed by atoms with Gasteiger partial charge in [0, 0.05) is 5.02 Å². The number of ether oxygens (including phenoxy) is 1. The van der Waals surface area contributed by atoms with Crippen molar-refractivity contribution in [2.75, 3.05) is 0 Å². The monoisotopic (exact) mass is 443 g/mol. The highest BCUT2D eigenvalue weighted by Gasteiger charge is 2.18. The Bertz CT molecular complexity index is 1240. The molecular weight excluding hydrogens is 429 g/mol. The summed E-state index contributed by atoms with van der Waals surface area (Å²) in [6.07, 6.45) is 0. The maximum Gasteiger partial charge on any atom is 0.266 e. The summed E-state index contributed by atoms with van der Waals surface area (Å²) < 4.78 is 5.94. The summed E-state index contributed by atoms with van der Waals surface area (Å²) in [5.41, 5.74) is 0.974. The van der Waals surface area contributed by atoms with Crippen LogP contribution in [-0.2, 0) is 6.61 Å². The van der Waals surface area contributed by atoms with Gasteiger partial charge in [-0.25, -0.2) is 0 Å². The van der Waals surface area contributed by atoms with E-state index in [1.165, 1.54) is 6.07 Å². The Morgan fingerprint density at radius 2 is 1.72 bits per heavy atom. The minimum absolute atomic E-state index is 0.137. The summed E-state index contributed by atoms with van der Waals surface area (Å²) in [5, 5.41) is 11.7. The Morgan fingerprint density at radius 3 is 2.52 bits per heavy atom.